The van der Waals surface area contributed by atoms with Crippen LogP contribution >= 0.6 is 0 Å². The number of hydrogen-bond acceptors (Lipinski definition) is 4. The summed E-state index contributed by atoms with van der Waals surface area (Å²) in [5, 5.41) is 27.9. The molecule has 0 aliphatic rings. The molecule has 0 amide bonds. The van der Waals surface area contributed by atoms with E-state index in [-0.39, 0.29) is 11.1 Å². The van der Waals surface area contributed by atoms with Crippen molar-refractivity contribution in [2.45, 2.75) is 0 Å². The fourth-order valence-corrected chi connectivity index (χ4v) is 2.52. The zero-order valence-electron chi connectivity index (χ0n) is 12.6. The Morgan fingerprint density at radius 3 is 2.25 bits per heavy atom. The van der Waals surface area contributed by atoms with Crippen LogP contribution in [0.2, 0.25) is 0 Å². The molecule has 3 rings (SSSR count). The average molecular weight is 306 g/mol. The maximum Gasteiger partial charge on any atom is 0.101 e. The second-order valence-corrected chi connectivity index (χ2v) is 5.08. The van der Waals surface area contributed by atoms with Gasteiger partial charge in [-0.3, -0.25) is 4.98 Å². The number of nitriles is 3. The first-order valence-corrected chi connectivity index (χ1v) is 7.17. The molecule has 0 radical (unpaired) electrons. The van der Waals surface area contributed by atoms with Crippen LogP contribution in [-0.4, -0.2) is 4.98 Å². The molecule has 0 fully saturated rings. The third-order valence-corrected chi connectivity index (χ3v) is 3.63. The van der Waals surface area contributed by atoms with Crippen LogP contribution < -0.4 is 0 Å². The predicted molar refractivity (Wildman–Crippen MR) is 89.3 cm³/mol. The van der Waals surface area contributed by atoms with E-state index in [4.69, 9.17) is 0 Å². The van der Waals surface area contributed by atoms with E-state index in [2.05, 4.69) is 11.1 Å². The number of hydrogen-bond donors (Lipinski definition) is 0. The van der Waals surface area contributed by atoms with Gasteiger partial charge in [0.2, 0.25) is 0 Å². The molecule has 0 saturated carbocycles. The zero-order valence-corrected chi connectivity index (χ0v) is 12.6. The maximum atomic E-state index is 9.45. The van der Waals surface area contributed by atoms with Gasteiger partial charge in [0.15, 0.2) is 0 Å². The number of benzene rings is 2. The van der Waals surface area contributed by atoms with Gasteiger partial charge in [0, 0.05) is 17.3 Å². The summed E-state index contributed by atoms with van der Waals surface area (Å²) in [6.07, 6.45) is 1.72. The van der Waals surface area contributed by atoms with Crippen molar-refractivity contribution in [3.8, 4) is 40.6 Å². The van der Waals surface area contributed by atoms with Gasteiger partial charge < -0.3 is 0 Å². The monoisotopic (exact) mass is 306 g/mol. The largest absolute Gasteiger partial charge is 0.256 e. The highest BCUT2D eigenvalue weighted by Crippen LogP contribution is 2.30. The molecular weight excluding hydrogens is 296 g/mol. The van der Waals surface area contributed by atoms with E-state index in [0.29, 0.717) is 11.1 Å². The van der Waals surface area contributed by atoms with Crippen molar-refractivity contribution in [3.63, 3.8) is 0 Å². The summed E-state index contributed by atoms with van der Waals surface area (Å²) in [7, 11) is 0. The van der Waals surface area contributed by atoms with Gasteiger partial charge >= 0.3 is 0 Å². The van der Waals surface area contributed by atoms with Gasteiger partial charge in [-0.2, -0.15) is 15.8 Å². The Balaban J connectivity index is 2.23. The van der Waals surface area contributed by atoms with Crippen molar-refractivity contribution >= 4 is 0 Å². The van der Waals surface area contributed by atoms with E-state index in [1.54, 1.807) is 12.3 Å². The van der Waals surface area contributed by atoms with E-state index < -0.39 is 0 Å². The van der Waals surface area contributed by atoms with Gasteiger partial charge in [-0.25, -0.2) is 0 Å². The summed E-state index contributed by atoms with van der Waals surface area (Å²) in [4.78, 5) is 4.32. The molecule has 110 valence electrons. The SMILES string of the molecule is N#Cc1cc(C#N)c(C#N)c(-c2cccc(-c3ccccn3)c2)c1. The summed E-state index contributed by atoms with van der Waals surface area (Å²) in [6, 6.07) is 22.4. The van der Waals surface area contributed by atoms with Crippen LogP contribution in [0.3, 0.4) is 0 Å². The molecule has 4 nitrogen and oxygen atoms in total. The highest BCUT2D eigenvalue weighted by atomic mass is 14.7. The lowest BCUT2D eigenvalue weighted by molar-refractivity contribution is 1.33. The van der Waals surface area contributed by atoms with Crippen LogP contribution in [0.25, 0.3) is 22.4 Å². The Kier molecular flexibility index (Phi) is 4.02. The molecule has 0 N–H and O–H groups in total. The molecule has 0 atom stereocenters. The third kappa shape index (κ3) is 2.71. The quantitative estimate of drug-likeness (QED) is 0.715. The van der Waals surface area contributed by atoms with Crippen molar-refractivity contribution in [2.24, 2.45) is 0 Å². The first-order chi connectivity index (χ1) is 11.8. The van der Waals surface area contributed by atoms with Gasteiger partial charge in [-0.1, -0.05) is 24.3 Å². The summed E-state index contributed by atoms with van der Waals surface area (Å²) in [5.41, 5.74) is 3.88. The van der Waals surface area contributed by atoms with Crippen molar-refractivity contribution in [1.82, 2.24) is 4.98 Å². The normalized spacial score (nSPS) is 9.54. The molecule has 0 unspecified atom stereocenters. The molecule has 24 heavy (non-hydrogen) atoms. The molecule has 0 bridgehead atoms. The Morgan fingerprint density at radius 1 is 0.750 bits per heavy atom. The molecule has 0 spiro atoms. The van der Waals surface area contributed by atoms with Crippen LogP contribution in [-0.2, 0) is 0 Å². The molecule has 1 aromatic heterocycles. The van der Waals surface area contributed by atoms with Crippen molar-refractivity contribution in [3.05, 3.63) is 77.5 Å². The maximum absolute atomic E-state index is 9.45. The van der Waals surface area contributed by atoms with Gasteiger partial charge in [0.1, 0.15) is 12.1 Å². The standard InChI is InChI=1S/C20H10N4/c21-11-14-8-17(12-22)19(13-23)18(9-14)15-4-3-5-16(10-15)20-6-1-2-7-24-20/h1-10H. The van der Waals surface area contributed by atoms with E-state index in [1.165, 1.54) is 6.07 Å². The van der Waals surface area contributed by atoms with Gasteiger partial charge in [-0.05, 0) is 35.9 Å². The topological polar surface area (TPSA) is 84.3 Å². The molecule has 3 aromatic rings. The van der Waals surface area contributed by atoms with Gasteiger partial charge in [-0.15, -0.1) is 0 Å². The molecule has 4 heteroatoms. The first-order valence-electron chi connectivity index (χ1n) is 7.17. The van der Waals surface area contributed by atoms with Crippen molar-refractivity contribution in [1.29, 1.82) is 15.8 Å². The lowest BCUT2D eigenvalue weighted by Crippen LogP contribution is -1.93. The second kappa shape index (κ2) is 6.44. The van der Waals surface area contributed by atoms with Gasteiger partial charge in [0.25, 0.3) is 0 Å². The fourth-order valence-electron chi connectivity index (χ4n) is 2.52. The van der Waals surface area contributed by atoms with Crippen LogP contribution in [0.15, 0.2) is 60.8 Å². The molecule has 0 aliphatic heterocycles. The Bertz CT molecular complexity index is 1030. The number of aromatic nitrogens is 1. The fraction of sp³-hybridized carbons (Fsp3) is 0. The summed E-state index contributed by atoms with van der Waals surface area (Å²) in [5.74, 6) is 0. The Morgan fingerprint density at radius 2 is 1.58 bits per heavy atom. The second-order valence-electron chi connectivity index (χ2n) is 5.08. The molecule has 0 aliphatic carbocycles. The van der Waals surface area contributed by atoms with Crippen molar-refractivity contribution in [2.75, 3.05) is 0 Å². The number of nitrogens with zero attached hydrogens (tertiary/aromatic N) is 4. The molecular formula is C20H10N4. The number of pyridine rings is 1. The molecule has 2 aromatic carbocycles. The third-order valence-electron chi connectivity index (χ3n) is 3.63. The van der Waals surface area contributed by atoms with E-state index in [9.17, 15) is 15.8 Å². The van der Waals surface area contributed by atoms with E-state index in [1.807, 2.05) is 54.6 Å². The minimum absolute atomic E-state index is 0.204. The lowest BCUT2D eigenvalue weighted by Gasteiger charge is -2.09. The molecule has 1 heterocycles. The van der Waals surface area contributed by atoms with Gasteiger partial charge in [0.05, 0.1) is 28.5 Å². The predicted octanol–water partition coefficient (Wildman–Crippen LogP) is 4.03. The number of rotatable bonds is 2. The van der Waals surface area contributed by atoms with Crippen LogP contribution in [0.1, 0.15) is 16.7 Å². The summed E-state index contributed by atoms with van der Waals surface area (Å²) >= 11 is 0. The van der Waals surface area contributed by atoms with E-state index in [0.717, 1.165) is 16.8 Å². The average Bonchev–Trinajstić information content (AvgIpc) is 2.67. The highest BCUT2D eigenvalue weighted by Gasteiger charge is 2.13. The summed E-state index contributed by atoms with van der Waals surface area (Å²) < 4.78 is 0. The highest BCUT2D eigenvalue weighted by molar-refractivity contribution is 5.78. The van der Waals surface area contributed by atoms with E-state index >= 15 is 0 Å². The minimum atomic E-state index is 0.204. The minimum Gasteiger partial charge on any atom is -0.256 e. The van der Waals surface area contributed by atoms with Crippen LogP contribution in [0.5, 0.6) is 0 Å². The van der Waals surface area contributed by atoms with Crippen molar-refractivity contribution < 1.29 is 0 Å². The first kappa shape index (κ1) is 15.0. The Labute approximate surface area is 139 Å². The zero-order chi connectivity index (χ0) is 16.9. The Hall–Kier alpha value is -3.94. The van der Waals surface area contributed by atoms with Crippen LogP contribution in [0, 0.1) is 34.0 Å². The van der Waals surface area contributed by atoms with Crippen LogP contribution in [0.4, 0.5) is 0 Å². The smallest absolute Gasteiger partial charge is 0.101 e. The summed E-state index contributed by atoms with van der Waals surface area (Å²) in [6.45, 7) is 0. The molecule has 0 saturated heterocycles. The lowest BCUT2D eigenvalue weighted by atomic mass is 9.93.